The van der Waals surface area contributed by atoms with Crippen molar-refractivity contribution < 1.29 is 4.79 Å². The molecule has 0 spiro atoms. The molecule has 0 saturated carbocycles. The topological polar surface area (TPSA) is 32.3 Å². The Balaban J connectivity index is 1.78. The number of nitrogens with zero attached hydrogens (tertiary/aromatic N) is 1. The number of hydrogen-bond acceptors (Lipinski definition) is 2. The van der Waals surface area contributed by atoms with Gasteiger partial charge in [0, 0.05) is 36.7 Å². The molecule has 1 amide bonds. The Labute approximate surface area is 140 Å². The lowest BCUT2D eigenvalue weighted by Gasteiger charge is -2.17. The second-order valence-electron chi connectivity index (χ2n) is 5.38. The van der Waals surface area contributed by atoms with Crippen LogP contribution in [0.5, 0.6) is 0 Å². The van der Waals surface area contributed by atoms with Crippen molar-refractivity contribution in [2.24, 2.45) is 0 Å². The van der Waals surface area contributed by atoms with Gasteiger partial charge >= 0.3 is 0 Å². The molecule has 2 aromatic carbocycles. The van der Waals surface area contributed by atoms with E-state index in [0.29, 0.717) is 19.5 Å². The van der Waals surface area contributed by atoms with E-state index in [0.717, 1.165) is 15.7 Å². The van der Waals surface area contributed by atoms with Crippen LogP contribution in [-0.2, 0) is 11.3 Å². The fraction of sp³-hybridized carbons (Fsp3) is 0.278. The standard InChI is InChI=1S/C18H21BrN2O/c1-14-8-9-16(12-17(14)19)20-11-10-18(22)21(2)13-15-6-4-3-5-7-15/h3-9,12,20H,10-11,13H2,1-2H3. The number of nitrogens with one attached hydrogen (secondary N) is 1. The van der Waals surface area contributed by atoms with Crippen LogP contribution in [0, 0.1) is 6.92 Å². The van der Waals surface area contributed by atoms with Crippen molar-refractivity contribution in [2.75, 3.05) is 18.9 Å². The molecule has 0 aliphatic rings. The maximum absolute atomic E-state index is 12.1. The summed E-state index contributed by atoms with van der Waals surface area (Å²) in [5.74, 6) is 0.141. The number of carbonyl (C=O) groups excluding carboxylic acids is 1. The summed E-state index contributed by atoms with van der Waals surface area (Å²) in [5, 5.41) is 3.28. The molecule has 0 unspecified atom stereocenters. The van der Waals surface area contributed by atoms with Crippen LogP contribution >= 0.6 is 15.9 Å². The number of benzene rings is 2. The van der Waals surface area contributed by atoms with Crippen molar-refractivity contribution >= 4 is 27.5 Å². The van der Waals surface area contributed by atoms with Crippen molar-refractivity contribution in [1.82, 2.24) is 4.90 Å². The summed E-state index contributed by atoms with van der Waals surface area (Å²) >= 11 is 3.51. The first-order chi connectivity index (χ1) is 10.6. The van der Waals surface area contributed by atoms with Crippen LogP contribution in [0.25, 0.3) is 0 Å². The van der Waals surface area contributed by atoms with Crippen molar-refractivity contribution in [1.29, 1.82) is 0 Å². The predicted molar refractivity (Wildman–Crippen MR) is 94.9 cm³/mol. The molecule has 0 aromatic heterocycles. The highest BCUT2D eigenvalue weighted by atomic mass is 79.9. The molecule has 2 rings (SSSR count). The maximum Gasteiger partial charge on any atom is 0.224 e. The van der Waals surface area contributed by atoms with Crippen LogP contribution < -0.4 is 5.32 Å². The van der Waals surface area contributed by atoms with Gasteiger partial charge in [-0.3, -0.25) is 4.79 Å². The molecule has 0 bridgehead atoms. The number of carbonyl (C=O) groups is 1. The van der Waals surface area contributed by atoms with Gasteiger partial charge in [-0.25, -0.2) is 0 Å². The molecule has 22 heavy (non-hydrogen) atoms. The Morgan fingerprint density at radius 1 is 1.18 bits per heavy atom. The van der Waals surface area contributed by atoms with E-state index in [4.69, 9.17) is 0 Å². The summed E-state index contributed by atoms with van der Waals surface area (Å²) in [4.78, 5) is 13.9. The molecule has 1 N–H and O–H groups in total. The van der Waals surface area contributed by atoms with Crippen LogP contribution in [-0.4, -0.2) is 24.4 Å². The van der Waals surface area contributed by atoms with E-state index < -0.39 is 0 Å². The number of hydrogen-bond donors (Lipinski definition) is 1. The van der Waals surface area contributed by atoms with E-state index in [-0.39, 0.29) is 5.91 Å². The lowest BCUT2D eigenvalue weighted by atomic mass is 10.2. The summed E-state index contributed by atoms with van der Waals surface area (Å²) in [5.41, 5.74) is 3.37. The van der Waals surface area contributed by atoms with Crippen LogP contribution in [0.15, 0.2) is 53.0 Å². The molecule has 116 valence electrons. The van der Waals surface area contributed by atoms with Crippen molar-refractivity contribution in [3.63, 3.8) is 0 Å². The summed E-state index contributed by atoms with van der Waals surface area (Å²) < 4.78 is 1.07. The minimum Gasteiger partial charge on any atom is -0.384 e. The average molecular weight is 361 g/mol. The largest absolute Gasteiger partial charge is 0.384 e. The predicted octanol–water partition coefficient (Wildman–Crippen LogP) is 4.22. The molecular weight excluding hydrogens is 340 g/mol. The van der Waals surface area contributed by atoms with Crippen LogP contribution in [0.4, 0.5) is 5.69 Å². The Bertz CT molecular complexity index is 628. The van der Waals surface area contributed by atoms with Gasteiger partial charge in [0.25, 0.3) is 0 Å². The molecular formula is C18H21BrN2O. The molecule has 3 nitrogen and oxygen atoms in total. The number of rotatable bonds is 6. The highest BCUT2D eigenvalue weighted by Crippen LogP contribution is 2.20. The van der Waals surface area contributed by atoms with Gasteiger partial charge in [0.1, 0.15) is 0 Å². The lowest BCUT2D eigenvalue weighted by molar-refractivity contribution is -0.130. The van der Waals surface area contributed by atoms with Crippen molar-refractivity contribution in [3.05, 3.63) is 64.1 Å². The summed E-state index contributed by atoms with van der Waals surface area (Å²) in [6.45, 7) is 3.33. The van der Waals surface area contributed by atoms with E-state index >= 15 is 0 Å². The first-order valence-corrected chi connectivity index (χ1v) is 8.13. The smallest absolute Gasteiger partial charge is 0.224 e. The Morgan fingerprint density at radius 3 is 2.59 bits per heavy atom. The van der Waals surface area contributed by atoms with E-state index in [9.17, 15) is 4.79 Å². The van der Waals surface area contributed by atoms with Gasteiger partial charge in [0.15, 0.2) is 0 Å². The molecule has 0 radical (unpaired) electrons. The second-order valence-corrected chi connectivity index (χ2v) is 6.23. The van der Waals surface area contributed by atoms with Gasteiger partial charge < -0.3 is 10.2 Å². The minimum absolute atomic E-state index is 0.141. The quantitative estimate of drug-likeness (QED) is 0.836. The summed E-state index contributed by atoms with van der Waals surface area (Å²) in [6, 6.07) is 16.1. The van der Waals surface area contributed by atoms with Gasteiger partial charge in [-0.2, -0.15) is 0 Å². The molecule has 0 aliphatic heterocycles. The molecule has 0 aliphatic carbocycles. The second kappa shape index (κ2) is 7.99. The van der Waals surface area contributed by atoms with Gasteiger partial charge in [-0.15, -0.1) is 0 Å². The third-order valence-electron chi connectivity index (χ3n) is 3.53. The third-order valence-corrected chi connectivity index (χ3v) is 4.38. The van der Waals surface area contributed by atoms with Gasteiger partial charge in [-0.05, 0) is 30.2 Å². The average Bonchev–Trinajstić information content (AvgIpc) is 2.51. The zero-order chi connectivity index (χ0) is 15.9. The monoisotopic (exact) mass is 360 g/mol. The Hall–Kier alpha value is -1.81. The first kappa shape index (κ1) is 16.6. The lowest BCUT2D eigenvalue weighted by Crippen LogP contribution is -2.27. The molecule has 0 atom stereocenters. The zero-order valence-electron chi connectivity index (χ0n) is 13.0. The maximum atomic E-state index is 12.1. The number of anilines is 1. The Morgan fingerprint density at radius 2 is 1.91 bits per heavy atom. The number of halogens is 1. The van der Waals surface area contributed by atoms with Gasteiger partial charge in [0.05, 0.1) is 0 Å². The van der Waals surface area contributed by atoms with E-state index in [2.05, 4.69) is 34.2 Å². The van der Waals surface area contributed by atoms with E-state index in [1.54, 1.807) is 4.90 Å². The third kappa shape index (κ3) is 4.88. The fourth-order valence-electron chi connectivity index (χ4n) is 2.15. The molecule has 0 fully saturated rings. The van der Waals surface area contributed by atoms with Crippen LogP contribution in [0.1, 0.15) is 17.5 Å². The number of amides is 1. The van der Waals surface area contributed by atoms with Gasteiger partial charge in [0.2, 0.25) is 5.91 Å². The van der Waals surface area contributed by atoms with Crippen LogP contribution in [0.3, 0.4) is 0 Å². The highest BCUT2D eigenvalue weighted by molar-refractivity contribution is 9.10. The minimum atomic E-state index is 0.141. The normalized spacial score (nSPS) is 10.3. The Kier molecular flexibility index (Phi) is 6.01. The zero-order valence-corrected chi connectivity index (χ0v) is 14.6. The molecule has 0 heterocycles. The summed E-state index contributed by atoms with van der Waals surface area (Å²) in [6.07, 6.45) is 0.481. The summed E-state index contributed by atoms with van der Waals surface area (Å²) in [7, 11) is 1.85. The number of aryl methyl sites for hydroxylation is 1. The fourth-order valence-corrected chi connectivity index (χ4v) is 2.53. The highest BCUT2D eigenvalue weighted by Gasteiger charge is 2.08. The van der Waals surface area contributed by atoms with E-state index in [1.165, 1.54) is 5.56 Å². The SMILES string of the molecule is Cc1ccc(NCCC(=O)N(C)Cc2ccccc2)cc1Br. The van der Waals surface area contributed by atoms with Crippen LogP contribution in [0.2, 0.25) is 0 Å². The van der Waals surface area contributed by atoms with Gasteiger partial charge in [-0.1, -0.05) is 52.3 Å². The molecule has 2 aromatic rings. The van der Waals surface area contributed by atoms with E-state index in [1.807, 2.05) is 49.5 Å². The van der Waals surface area contributed by atoms with Crippen molar-refractivity contribution in [2.45, 2.75) is 19.9 Å². The molecule has 4 heteroatoms. The first-order valence-electron chi connectivity index (χ1n) is 7.34. The van der Waals surface area contributed by atoms with Crippen molar-refractivity contribution in [3.8, 4) is 0 Å². The molecule has 0 saturated heterocycles.